The summed E-state index contributed by atoms with van der Waals surface area (Å²) in [5.41, 5.74) is 0.684. The summed E-state index contributed by atoms with van der Waals surface area (Å²) in [6.07, 6.45) is 1.67. The van der Waals surface area contributed by atoms with Crippen LogP contribution in [0, 0.1) is 0 Å². The van der Waals surface area contributed by atoms with E-state index in [9.17, 15) is 0 Å². The maximum absolute atomic E-state index is 8.75. The molecule has 0 aliphatic rings. The minimum absolute atomic E-state index is 0.0117. The number of aliphatic hydroxyl groups excluding tert-OH is 1. The highest BCUT2D eigenvalue weighted by Crippen LogP contribution is 2.07. The van der Waals surface area contributed by atoms with Gasteiger partial charge in [-0.05, 0) is 6.07 Å². The predicted octanol–water partition coefficient (Wildman–Crippen LogP) is 1.09. The Balaban J connectivity index is 2.91. The normalized spacial score (nSPS) is 10.5. The molecule has 0 aromatic carbocycles. The standard InChI is InChI=1S/C8H12N2O/c1-6(2)8-9-4-3-7(5-11)10-8/h3-4,6,11H,5H2,1-2H3. The first-order chi connectivity index (χ1) is 5.24. The van der Waals surface area contributed by atoms with Gasteiger partial charge in [-0.2, -0.15) is 0 Å². The van der Waals surface area contributed by atoms with Crippen LogP contribution in [0.3, 0.4) is 0 Å². The van der Waals surface area contributed by atoms with E-state index >= 15 is 0 Å². The van der Waals surface area contributed by atoms with Crippen molar-refractivity contribution in [2.75, 3.05) is 0 Å². The molecule has 60 valence electrons. The van der Waals surface area contributed by atoms with Crippen molar-refractivity contribution in [1.82, 2.24) is 9.97 Å². The number of hydrogen-bond donors (Lipinski definition) is 1. The second-order valence-electron chi connectivity index (χ2n) is 2.72. The van der Waals surface area contributed by atoms with E-state index in [1.807, 2.05) is 13.8 Å². The second-order valence-corrected chi connectivity index (χ2v) is 2.72. The fourth-order valence-electron chi connectivity index (χ4n) is 0.779. The molecule has 3 heteroatoms. The van der Waals surface area contributed by atoms with Crippen molar-refractivity contribution in [2.24, 2.45) is 0 Å². The summed E-state index contributed by atoms with van der Waals surface area (Å²) >= 11 is 0. The van der Waals surface area contributed by atoms with Gasteiger partial charge in [0.05, 0.1) is 12.3 Å². The number of rotatable bonds is 2. The molecule has 0 saturated carbocycles. The second kappa shape index (κ2) is 3.44. The minimum Gasteiger partial charge on any atom is -0.390 e. The molecule has 0 amide bonds. The molecule has 0 radical (unpaired) electrons. The van der Waals surface area contributed by atoms with Gasteiger partial charge in [0.25, 0.3) is 0 Å². The van der Waals surface area contributed by atoms with E-state index in [0.29, 0.717) is 11.6 Å². The van der Waals surface area contributed by atoms with E-state index in [2.05, 4.69) is 9.97 Å². The highest BCUT2D eigenvalue weighted by atomic mass is 16.3. The average Bonchev–Trinajstić information content (AvgIpc) is 2.05. The minimum atomic E-state index is -0.0117. The van der Waals surface area contributed by atoms with Gasteiger partial charge in [-0.25, -0.2) is 9.97 Å². The fraction of sp³-hybridized carbons (Fsp3) is 0.500. The lowest BCUT2D eigenvalue weighted by Crippen LogP contribution is -1.99. The summed E-state index contributed by atoms with van der Waals surface area (Å²) in [5, 5.41) is 8.75. The van der Waals surface area contributed by atoms with Gasteiger partial charge in [0.2, 0.25) is 0 Å². The zero-order chi connectivity index (χ0) is 8.27. The Kier molecular flexibility index (Phi) is 2.54. The largest absolute Gasteiger partial charge is 0.390 e. The molecule has 3 nitrogen and oxygen atoms in total. The summed E-state index contributed by atoms with van der Waals surface area (Å²) in [6, 6.07) is 1.71. The maximum atomic E-state index is 8.75. The molecule has 0 atom stereocenters. The number of aliphatic hydroxyl groups is 1. The molecule has 0 fully saturated rings. The first-order valence-electron chi connectivity index (χ1n) is 3.66. The van der Waals surface area contributed by atoms with Crippen LogP contribution in [0.5, 0.6) is 0 Å². The van der Waals surface area contributed by atoms with Crippen LogP contribution in [0.2, 0.25) is 0 Å². The van der Waals surface area contributed by atoms with E-state index in [-0.39, 0.29) is 6.61 Å². The molecule has 1 heterocycles. The van der Waals surface area contributed by atoms with Crippen LogP contribution in [-0.2, 0) is 6.61 Å². The van der Waals surface area contributed by atoms with E-state index < -0.39 is 0 Å². The van der Waals surface area contributed by atoms with Crippen molar-refractivity contribution >= 4 is 0 Å². The van der Waals surface area contributed by atoms with Crippen LogP contribution in [0.4, 0.5) is 0 Å². The quantitative estimate of drug-likeness (QED) is 0.690. The Bertz CT molecular complexity index is 235. The lowest BCUT2D eigenvalue weighted by molar-refractivity contribution is 0.276. The summed E-state index contributed by atoms with van der Waals surface area (Å²) in [7, 11) is 0. The summed E-state index contributed by atoms with van der Waals surface area (Å²) in [4.78, 5) is 8.19. The van der Waals surface area contributed by atoms with Gasteiger partial charge in [0.15, 0.2) is 0 Å². The van der Waals surface area contributed by atoms with Crippen molar-refractivity contribution in [3.63, 3.8) is 0 Å². The number of hydrogen-bond acceptors (Lipinski definition) is 3. The van der Waals surface area contributed by atoms with E-state index in [4.69, 9.17) is 5.11 Å². The zero-order valence-electron chi connectivity index (χ0n) is 6.78. The molecule has 1 aromatic heterocycles. The Morgan fingerprint density at radius 1 is 1.55 bits per heavy atom. The van der Waals surface area contributed by atoms with Crippen molar-refractivity contribution < 1.29 is 5.11 Å². The Labute approximate surface area is 66.1 Å². The van der Waals surface area contributed by atoms with Gasteiger partial charge in [0.1, 0.15) is 5.82 Å². The zero-order valence-corrected chi connectivity index (χ0v) is 6.78. The molecule has 0 saturated heterocycles. The maximum Gasteiger partial charge on any atom is 0.131 e. The van der Waals surface area contributed by atoms with Crippen LogP contribution in [0.25, 0.3) is 0 Å². The van der Waals surface area contributed by atoms with Crippen molar-refractivity contribution in [1.29, 1.82) is 0 Å². The first-order valence-corrected chi connectivity index (χ1v) is 3.66. The monoisotopic (exact) mass is 152 g/mol. The van der Waals surface area contributed by atoms with E-state index in [1.165, 1.54) is 0 Å². The van der Waals surface area contributed by atoms with Crippen LogP contribution in [-0.4, -0.2) is 15.1 Å². The van der Waals surface area contributed by atoms with Gasteiger partial charge in [-0.3, -0.25) is 0 Å². The molecule has 0 unspecified atom stereocenters. The van der Waals surface area contributed by atoms with Gasteiger partial charge in [-0.15, -0.1) is 0 Å². The lowest BCUT2D eigenvalue weighted by Gasteiger charge is -2.03. The highest BCUT2D eigenvalue weighted by molar-refractivity contribution is 5.03. The molecule has 1 N–H and O–H groups in total. The van der Waals surface area contributed by atoms with Crippen LogP contribution in [0.15, 0.2) is 12.3 Å². The van der Waals surface area contributed by atoms with E-state index in [0.717, 1.165) is 5.82 Å². The van der Waals surface area contributed by atoms with Gasteiger partial charge in [-0.1, -0.05) is 13.8 Å². The third-order valence-electron chi connectivity index (χ3n) is 1.41. The fourth-order valence-corrected chi connectivity index (χ4v) is 0.779. The molecular weight excluding hydrogens is 140 g/mol. The molecule has 0 aliphatic heterocycles. The SMILES string of the molecule is CC(C)c1nccc(CO)n1. The van der Waals surface area contributed by atoms with Gasteiger partial charge in [0, 0.05) is 12.1 Å². The van der Waals surface area contributed by atoms with Gasteiger partial charge >= 0.3 is 0 Å². The number of nitrogens with zero attached hydrogens (tertiary/aromatic N) is 2. The van der Waals surface area contributed by atoms with E-state index in [1.54, 1.807) is 12.3 Å². The summed E-state index contributed by atoms with van der Waals surface area (Å²) in [6.45, 7) is 4.04. The van der Waals surface area contributed by atoms with Crippen molar-refractivity contribution in [3.8, 4) is 0 Å². The summed E-state index contributed by atoms with van der Waals surface area (Å²) < 4.78 is 0. The highest BCUT2D eigenvalue weighted by Gasteiger charge is 2.01. The van der Waals surface area contributed by atoms with Gasteiger partial charge < -0.3 is 5.11 Å². The Morgan fingerprint density at radius 3 is 2.82 bits per heavy atom. The molecule has 1 rings (SSSR count). The Morgan fingerprint density at radius 2 is 2.27 bits per heavy atom. The molecular formula is C8H12N2O. The molecule has 0 spiro atoms. The molecule has 0 bridgehead atoms. The van der Waals surface area contributed by atoms with Crippen LogP contribution >= 0.6 is 0 Å². The Hall–Kier alpha value is -0.960. The third-order valence-corrected chi connectivity index (χ3v) is 1.41. The summed E-state index contributed by atoms with van der Waals surface area (Å²) in [5.74, 6) is 1.11. The topological polar surface area (TPSA) is 46.0 Å². The van der Waals surface area contributed by atoms with Crippen LogP contribution in [0.1, 0.15) is 31.3 Å². The smallest absolute Gasteiger partial charge is 0.131 e. The predicted molar refractivity (Wildman–Crippen MR) is 42.0 cm³/mol. The molecule has 0 aliphatic carbocycles. The molecule has 1 aromatic rings. The number of aromatic nitrogens is 2. The average molecular weight is 152 g/mol. The third kappa shape index (κ3) is 1.98. The van der Waals surface area contributed by atoms with Crippen molar-refractivity contribution in [3.05, 3.63) is 23.8 Å². The lowest BCUT2D eigenvalue weighted by atomic mass is 10.2. The first kappa shape index (κ1) is 8.14. The molecule has 11 heavy (non-hydrogen) atoms. The van der Waals surface area contributed by atoms with Crippen molar-refractivity contribution in [2.45, 2.75) is 26.4 Å². The van der Waals surface area contributed by atoms with Crippen LogP contribution < -0.4 is 0 Å².